The number of likely N-dealkylation sites (N-methyl/N-ethyl adjacent to an activating group) is 1. The largest absolute Gasteiger partial charge is 0.378 e. The van der Waals surface area contributed by atoms with Crippen LogP contribution in [0.3, 0.4) is 0 Å². The number of hydrogen-bond acceptors (Lipinski definition) is 7. The average Bonchev–Trinajstić information content (AvgIpc) is 3.28. The molecular formula is C20H14BrClFN3O4S2. The third-order valence-corrected chi connectivity index (χ3v) is 8.37. The SMILES string of the molecule is CN1C(=O)C(c2cccc(OS(=O)(=O)c3ccc(Cl)s3)c2)(c2ccc(F)c(Br)c2)N=C1N. The first-order chi connectivity index (χ1) is 15.0. The molecule has 1 unspecified atom stereocenters. The quantitative estimate of drug-likeness (QED) is 0.475. The van der Waals surface area contributed by atoms with Crippen LogP contribution in [0.5, 0.6) is 5.75 Å². The molecule has 1 aromatic heterocycles. The van der Waals surface area contributed by atoms with Crippen molar-refractivity contribution in [3.63, 3.8) is 0 Å². The van der Waals surface area contributed by atoms with Crippen molar-refractivity contribution in [3.05, 3.63) is 80.4 Å². The number of halogens is 3. The molecule has 2 aromatic carbocycles. The number of thiophene rings is 1. The van der Waals surface area contributed by atoms with Gasteiger partial charge in [-0.25, -0.2) is 9.38 Å². The van der Waals surface area contributed by atoms with E-state index in [4.69, 9.17) is 21.5 Å². The number of hydrogen-bond donors (Lipinski definition) is 1. The molecule has 0 fully saturated rings. The summed E-state index contributed by atoms with van der Waals surface area (Å²) in [6.45, 7) is 0. The fourth-order valence-corrected chi connectivity index (χ4v) is 6.02. The van der Waals surface area contributed by atoms with E-state index in [0.717, 1.165) is 11.3 Å². The Morgan fingerprint density at radius 3 is 2.50 bits per heavy atom. The van der Waals surface area contributed by atoms with Crippen LogP contribution in [0.15, 0.2) is 68.3 Å². The fourth-order valence-electron chi connectivity index (χ4n) is 3.28. The van der Waals surface area contributed by atoms with Gasteiger partial charge in [0.15, 0.2) is 15.7 Å². The van der Waals surface area contributed by atoms with Gasteiger partial charge < -0.3 is 9.92 Å². The predicted molar refractivity (Wildman–Crippen MR) is 123 cm³/mol. The second-order valence-corrected chi connectivity index (χ2v) is 11.1. The summed E-state index contributed by atoms with van der Waals surface area (Å²) in [7, 11) is -2.68. The molecule has 7 nitrogen and oxygen atoms in total. The zero-order chi connectivity index (χ0) is 23.3. The number of carbonyl (C=O) groups excluding carboxylic acids is 1. The number of benzene rings is 2. The molecule has 1 atom stereocenters. The third kappa shape index (κ3) is 3.79. The summed E-state index contributed by atoms with van der Waals surface area (Å²) in [5.74, 6) is -1.08. The third-order valence-electron chi connectivity index (χ3n) is 4.83. The van der Waals surface area contributed by atoms with Gasteiger partial charge in [0.1, 0.15) is 11.6 Å². The van der Waals surface area contributed by atoms with Gasteiger partial charge in [-0.2, -0.15) is 8.42 Å². The number of carbonyl (C=O) groups is 1. The normalized spacial score (nSPS) is 18.7. The summed E-state index contributed by atoms with van der Waals surface area (Å²) in [6, 6.07) is 12.8. The van der Waals surface area contributed by atoms with E-state index in [1.165, 1.54) is 60.5 Å². The summed E-state index contributed by atoms with van der Waals surface area (Å²) >= 11 is 9.82. The van der Waals surface area contributed by atoms with E-state index in [9.17, 15) is 17.6 Å². The van der Waals surface area contributed by atoms with Crippen molar-refractivity contribution >= 4 is 60.9 Å². The van der Waals surface area contributed by atoms with Gasteiger partial charge in [0, 0.05) is 7.05 Å². The van der Waals surface area contributed by atoms with Crippen LogP contribution < -0.4 is 9.92 Å². The van der Waals surface area contributed by atoms with Crippen molar-refractivity contribution in [2.75, 3.05) is 7.05 Å². The van der Waals surface area contributed by atoms with Gasteiger partial charge in [-0.1, -0.05) is 29.8 Å². The summed E-state index contributed by atoms with van der Waals surface area (Å²) in [5.41, 5.74) is 4.93. The van der Waals surface area contributed by atoms with Crippen LogP contribution in [0, 0.1) is 5.82 Å². The Bertz CT molecular complexity index is 1380. The molecule has 4 rings (SSSR count). The molecule has 32 heavy (non-hydrogen) atoms. The molecule has 1 amide bonds. The molecule has 166 valence electrons. The van der Waals surface area contributed by atoms with Gasteiger partial charge in [0.25, 0.3) is 5.91 Å². The highest BCUT2D eigenvalue weighted by molar-refractivity contribution is 9.10. The first-order valence-electron chi connectivity index (χ1n) is 8.94. The lowest BCUT2D eigenvalue weighted by Gasteiger charge is -2.26. The molecule has 0 bridgehead atoms. The molecule has 12 heteroatoms. The standard InChI is InChI=1S/C20H14BrClFN3O4S2/c1-26-18(27)20(25-19(26)24,12-5-6-15(23)14(21)10-12)11-3-2-4-13(9-11)30-32(28,29)17-8-7-16(22)31-17/h2-10H,1H3,(H2,24,25). The van der Waals surface area contributed by atoms with E-state index in [0.29, 0.717) is 15.5 Å². The minimum atomic E-state index is -4.14. The summed E-state index contributed by atoms with van der Waals surface area (Å²) in [4.78, 5) is 18.9. The van der Waals surface area contributed by atoms with Crippen LogP contribution in [0.25, 0.3) is 0 Å². The predicted octanol–water partition coefficient (Wildman–Crippen LogP) is 4.10. The lowest BCUT2D eigenvalue weighted by Crippen LogP contribution is -2.41. The average molecular weight is 559 g/mol. The van der Waals surface area contributed by atoms with Gasteiger partial charge in [0.2, 0.25) is 0 Å². The van der Waals surface area contributed by atoms with E-state index in [2.05, 4.69) is 20.9 Å². The first kappa shape index (κ1) is 22.7. The van der Waals surface area contributed by atoms with Crippen molar-refractivity contribution in [2.45, 2.75) is 9.75 Å². The van der Waals surface area contributed by atoms with E-state index in [-0.39, 0.29) is 20.4 Å². The summed E-state index contributed by atoms with van der Waals surface area (Å²) in [6.07, 6.45) is 0. The van der Waals surface area contributed by atoms with Gasteiger partial charge in [-0.05, 0) is 63.5 Å². The minimum Gasteiger partial charge on any atom is -0.378 e. The lowest BCUT2D eigenvalue weighted by molar-refractivity contribution is -0.129. The zero-order valence-electron chi connectivity index (χ0n) is 16.3. The Morgan fingerprint density at radius 2 is 1.91 bits per heavy atom. The van der Waals surface area contributed by atoms with Crippen molar-refractivity contribution in [3.8, 4) is 5.75 Å². The van der Waals surface area contributed by atoms with Crippen molar-refractivity contribution < 1.29 is 21.8 Å². The van der Waals surface area contributed by atoms with Gasteiger partial charge >= 0.3 is 10.1 Å². The minimum absolute atomic E-state index is 0.0382. The molecule has 3 aromatic rings. The van der Waals surface area contributed by atoms with E-state index in [1.807, 2.05) is 0 Å². The zero-order valence-corrected chi connectivity index (χ0v) is 20.2. The Labute approximate surface area is 200 Å². The van der Waals surface area contributed by atoms with Crippen LogP contribution in [-0.2, 0) is 20.5 Å². The molecular weight excluding hydrogens is 545 g/mol. The number of nitrogens with zero attached hydrogens (tertiary/aromatic N) is 2. The second-order valence-electron chi connectivity index (χ2n) is 6.80. The molecule has 0 saturated carbocycles. The number of amides is 1. The highest BCUT2D eigenvalue weighted by atomic mass is 79.9. The number of rotatable bonds is 5. The fraction of sp³-hybridized carbons (Fsp3) is 0.100. The smallest absolute Gasteiger partial charge is 0.348 e. The van der Waals surface area contributed by atoms with E-state index >= 15 is 0 Å². The second kappa shape index (κ2) is 8.14. The van der Waals surface area contributed by atoms with Crippen molar-refractivity contribution in [1.82, 2.24) is 4.90 Å². The Kier molecular flexibility index (Phi) is 5.78. The topological polar surface area (TPSA) is 102 Å². The molecule has 2 N–H and O–H groups in total. The maximum atomic E-state index is 13.9. The molecule has 1 aliphatic rings. The molecule has 0 aliphatic carbocycles. The summed E-state index contributed by atoms with van der Waals surface area (Å²) < 4.78 is 44.7. The number of guanidine groups is 1. The van der Waals surface area contributed by atoms with Crippen LogP contribution in [0.2, 0.25) is 4.34 Å². The van der Waals surface area contributed by atoms with Crippen molar-refractivity contribution in [1.29, 1.82) is 0 Å². The van der Waals surface area contributed by atoms with Crippen LogP contribution >= 0.6 is 38.9 Å². The molecule has 0 radical (unpaired) electrons. The van der Waals surface area contributed by atoms with Crippen LogP contribution in [0.4, 0.5) is 4.39 Å². The van der Waals surface area contributed by atoms with Gasteiger partial charge in [-0.15, -0.1) is 11.3 Å². The summed E-state index contributed by atoms with van der Waals surface area (Å²) in [5, 5.41) is 0. The maximum absolute atomic E-state index is 13.9. The monoisotopic (exact) mass is 557 g/mol. The highest BCUT2D eigenvalue weighted by Gasteiger charge is 2.50. The Hall–Kier alpha value is -2.47. The Morgan fingerprint density at radius 1 is 1.19 bits per heavy atom. The maximum Gasteiger partial charge on any atom is 0.348 e. The van der Waals surface area contributed by atoms with Gasteiger partial charge in [-0.3, -0.25) is 9.69 Å². The number of nitrogens with two attached hydrogens (primary N) is 1. The van der Waals surface area contributed by atoms with Crippen molar-refractivity contribution in [2.24, 2.45) is 10.7 Å². The molecule has 0 saturated heterocycles. The first-order valence-corrected chi connectivity index (χ1v) is 12.3. The van der Waals surface area contributed by atoms with Gasteiger partial charge in [0.05, 0.1) is 8.81 Å². The van der Waals surface area contributed by atoms with Crippen LogP contribution in [0.1, 0.15) is 11.1 Å². The molecule has 2 heterocycles. The lowest BCUT2D eigenvalue weighted by atomic mass is 9.82. The highest BCUT2D eigenvalue weighted by Crippen LogP contribution is 2.41. The number of aliphatic imine (C=N–C) groups is 1. The Balaban J connectivity index is 1.84. The van der Waals surface area contributed by atoms with Crippen LogP contribution in [-0.4, -0.2) is 32.2 Å². The molecule has 0 spiro atoms. The van der Waals surface area contributed by atoms with E-state index < -0.39 is 27.4 Å². The van der Waals surface area contributed by atoms with E-state index in [1.54, 1.807) is 6.07 Å². The molecule has 1 aliphatic heterocycles.